The molecule has 0 fully saturated rings. The Labute approximate surface area is 123 Å². The van der Waals surface area contributed by atoms with Gasteiger partial charge < -0.3 is 9.88 Å². The molecule has 21 heavy (non-hydrogen) atoms. The lowest BCUT2D eigenvalue weighted by Crippen LogP contribution is -2.25. The van der Waals surface area contributed by atoms with Crippen LogP contribution in [0.15, 0.2) is 18.2 Å². The molecular weight excluding hydrogens is 267 g/mol. The lowest BCUT2D eigenvalue weighted by atomic mass is 10.1. The molecule has 2 aliphatic rings. The molecule has 1 aliphatic carbocycles. The summed E-state index contributed by atoms with van der Waals surface area (Å²) >= 11 is 0. The van der Waals surface area contributed by atoms with Crippen LogP contribution in [0, 0.1) is 5.82 Å². The molecule has 2 atom stereocenters. The molecule has 1 aromatic carbocycles. The van der Waals surface area contributed by atoms with E-state index in [1.165, 1.54) is 0 Å². The number of halogens is 1. The molecule has 1 N–H and O–H groups in total. The topological polar surface area (TPSA) is 42.7 Å². The van der Waals surface area contributed by atoms with Gasteiger partial charge in [0.15, 0.2) is 0 Å². The first-order valence-electron chi connectivity index (χ1n) is 7.69. The minimum absolute atomic E-state index is 0.0761. The average Bonchev–Trinajstić information content (AvgIpc) is 3.14. The van der Waals surface area contributed by atoms with Crippen molar-refractivity contribution < 1.29 is 4.39 Å². The van der Waals surface area contributed by atoms with Gasteiger partial charge in [0.25, 0.3) is 0 Å². The monoisotopic (exact) mass is 286 g/mol. The zero-order valence-corrected chi connectivity index (χ0v) is 12.1. The van der Waals surface area contributed by atoms with Crippen molar-refractivity contribution in [2.75, 3.05) is 0 Å². The van der Waals surface area contributed by atoms with E-state index in [2.05, 4.69) is 27.0 Å². The molecule has 0 radical (unpaired) electrons. The minimum atomic E-state index is -0.0761. The van der Waals surface area contributed by atoms with Crippen LogP contribution >= 0.6 is 0 Å². The second-order valence-corrected chi connectivity index (χ2v) is 6.02. The van der Waals surface area contributed by atoms with Gasteiger partial charge in [-0.1, -0.05) is 12.1 Å². The second kappa shape index (κ2) is 4.91. The van der Waals surface area contributed by atoms with Crippen molar-refractivity contribution in [3.8, 4) is 0 Å². The van der Waals surface area contributed by atoms with E-state index in [0.29, 0.717) is 0 Å². The highest BCUT2D eigenvalue weighted by atomic mass is 19.1. The summed E-state index contributed by atoms with van der Waals surface area (Å²) in [6, 6.07) is 5.72. The standard InChI is InChI=1S/C16H19FN4/c1-10(16-20-19-15-6-3-9-21(15)16)18-14-8-7-11-12(14)4-2-5-13(11)17/h2,4-5,10,14,18H,3,6-9H2,1H3. The van der Waals surface area contributed by atoms with Crippen molar-refractivity contribution in [1.82, 2.24) is 20.1 Å². The van der Waals surface area contributed by atoms with E-state index in [9.17, 15) is 4.39 Å². The zero-order valence-electron chi connectivity index (χ0n) is 12.1. The summed E-state index contributed by atoms with van der Waals surface area (Å²) in [7, 11) is 0. The number of aryl methyl sites for hydroxylation is 1. The molecule has 0 spiro atoms. The van der Waals surface area contributed by atoms with Gasteiger partial charge in [-0.05, 0) is 43.4 Å². The molecule has 2 heterocycles. The van der Waals surface area contributed by atoms with Crippen molar-refractivity contribution >= 4 is 0 Å². The summed E-state index contributed by atoms with van der Waals surface area (Å²) in [5.74, 6) is 2.02. The van der Waals surface area contributed by atoms with Crippen LogP contribution in [0.25, 0.3) is 0 Å². The SMILES string of the molecule is CC(NC1CCc2c(F)cccc21)c1nnc2n1CCC2. The fourth-order valence-electron chi connectivity index (χ4n) is 3.65. The first kappa shape index (κ1) is 13.0. The minimum Gasteiger partial charge on any atom is -0.314 e. The Hall–Kier alpha value is -1.75. The first-order chi connectivity index (χ1) is 10.2. The Morgan fingerprint density at radius 2 is 2.24 bits per heavy atom. The van der Waals surface area contributed by atoms with Gasteiger partial charge in [0.05, 0.1) is 6.04 Å². The third-order valence-corrected chi connectivity index (χ3v) is 4.69. The summed E-state index contributed by atoms with van der Waals surface area (Å²) in [5.41, 5.74) is 1.97. The van der Waals surface area contributed by atoms with Gasteiger partial charge in [-0.2, -0.15) is 0 Å². The van der Waals surface area contributed by atoms with Crippen LogP contribution in [0.2, 0.25) is 0 Å². The van der Waals surface area contributed by atoms with Crippen LogP contribution in [-0.4, -0.2) is 14.8 Å². The molecule has 1 aliphatic heterocycles. The zero-order chi connectivity index (χ0) is 14.4. The Morgan fingerprint density at radius 3 is 3.14 bits per heavy atom. The lowest BCUT2D eigenvalue weighted by Gasteiger charge is -2.20. The number of nitrogens with zero attached hydrogens (tertiary/aromatic N) is 3. The van der Waals surface area contributed by atoms with Crippen LogP contribution in [0.4, 0.5) is 4.39 Å². The van der Waals surface area contributed by atoms with Crippen molar-refractivity contribution in [3.05, 3.63) is 46.8 Å². The van der Waals surface area contributed by atoms with E-state index in [4.69, 9.17) is 0 Å². The Morgan fingerprint density at radius 1 is 1.33 bits per heavy atom. The molecule has 1 aromatic heterocycles. The number of rotatable bonds is 3. The third kappa shape index (κ3) is 2.07. The molecule has 0 bridgehead atoms. The molecule has 5 heteroatoms. The summed E-state index contributed by atoms with van der Waals surface area (Å²) in [4.78, 5) is 0. The van der Waals surface area contributed by atoms with Crippen LogP contribution in [0.5, 0.6) is 0 Å². The van der Waals surface area contributed by atoms with E-state index in [1.54, 1.807) is 12.1 Å². The highest BCUT2D eigenvalue weighted by Gasteiger charge is 2.28. The van der Waals surface area contributed by atoms with Gasteiger partial charge in [-0.15, -0.1) is 10.2 Å². The van der Waals surface area contributed by atoms with Gasteiger partial charge in [0, 0.05) is 19.0 Å². The predicted molar refractivity (Wildman–Crippen MR) is 77.4 cm³/mol. The number of nitrogens with one attached hydrogen (secondary N) is 1. The molecule has 0 amide bonds. The van der Waals surface area contributed by atoms with Gasteiger partial charge in [-0.3, -0.25) is 0 Å². The highest BCUT2D eigenvalue weighted by molar-refractivity contribution is 5.35. The maximum absolute atomic E-state index is 13.8. The molecule has 4 rings (SSSR count). The van der Waals surface area contributed by atoms with Crippen molar-refractivity contribution in [2.45, 2.75) is 51.2 Å². The van der Waals surface area contributed by atoms with E-state index in [0.717, 1.165) is 55.0 Å². The third-order valence-electron chi connectivity index (χ3n) is 4.69. The van der Waals surface area contributed by atoms with Gasteiger partial charge in [0.2, 0.25) is 0 Å². The van der Waals surface area contributed by atoms with Crippen LogP contribution in [0.1, 0.15) is 54.6 Å². The van der Waals surface area contributed by atoms with Crippen LogP contribution in [0.3, 0.4) is 0 Å². The predicted octanol–water partition coefficient (Wildman–Crippen LogP) is 2.70. The maximum atomic E-state index is 13.8. The number of hydrogen-bond donors (Lipinski definition) is 1. The molecule has 4 nitrogen and oxygen atoms in total. The van der Waals surface area contributed by atoms with Crippen LogP contribution in [-0.2, 0) is 19.4 Å². The summed E-state index contributed by atoms with van der Waals surface area (Å²) in [6.45, 7) is 3.13. The fourth-order valence-corrected chi connectivity index (χ4v) is 3.65. The summed E-state index contributed by atoms with van der Waals surface area (Å²) in [6.07, 6.45) is 3.94. The van der Waals surface area contributed by atoms with E-state index in [1.807, 2.05) is 6.07 Å². The average molecular weight is 286 g/mol. The Kier molecular flexibility index (Phi) is 3.03. The number of aromatic nitrogens is 3. The molecule has 2 unspecified atom stereocenters. The maximum Gasteiger partial charge on any atom is 0.149 e. The number of hydrogen-bond acceptors (Lipinski definition) is 3. The quantitative estimate of drug-likeness (QED) is 0.943. The second-order valence-electron chi connectivity index (χ2n) is 6.02. The lowest BCUT2D eigenvalue weighted by molar-refractivity contribution is 0.437. The fraction of sp³-hybridized carbons (Fsp3) is 0.500. The van der Waals surface area contributed by atoms with Crippen molar-refractivity contribution in [3.63, 3.8) is 0 Å². The van der Waals surface area contributed by atoms with E-state index in [-0.39, 0.29) is 17.9 Å². The normalized spacial score (nSPS) is 21.3. The Balaban J connectivity index is 1.56. The van der Waals surface area contributed by atoms with Gasteiger partial charge in [0.1, 0.15) is 17.5 Å². The van der Waals surface area contributed by atoms with Crippen molar-refractivity contribution in [1.29, 1.82) is 0 Å². The largest absolute Gasteiger partial charge is 0.314 e. The van der Waals surface area contributed by atoms with Crippen molar-refractivity contribution in [2.24, 2.45) is 0 Å². The summed E-state index contributed by atoms with van der Waals surface area (Å²) < 4.78 is 16.0. The highest BCUT2D eigenvalue weighted by Crippen LogP contribution is 2.34. The number of benzene rings is 1. The molecule has 0 saturated carbocycles. The molecule has 0 saturated heterocycles. The first-order valence-corrected chi connectivity index (χ1v) is 7.69. The van der Waals surface area contributed by atoms with Gasteiger partial charge >= 0.3 is 0 Å². The molecule has 2 aromatic rings. The van der Waals surface area contributed by atoms with E-state index < -0.39 is 0 Å². The van der Waals surface area contributed by atoms with Crippen LogP contribution < -0.4 is 5.32 Å². The van der Waals surface area contributed by atoms with E-state index >= 15 is 0 Å². The smallest absolute Gasteiger partial charge is 0.149 e. The Bertz CT molecular complexity index is 679. The molecule has 110 valence electrons. The molecular formula is C16H19FN4. The summed E-state index contributed by atoms with van der Waals surface area (Å²) in [5, 5.41) is 12.2. The number of fused-ring (bicyclic) bond motifs is 2. The van der Waals surface area contributed by atoms with Gasteiger partial charge in [-0.25, -0.2) is 4.39 Å².